The van der Waals surface area contributed by atoms with Gasteiger partial charge in [-0.2, -0.15) is 0 Å². The Labute approximate surface area is 690 Å². The fourth-order valence-electron chi connectivity index (χ4n) is 13.6. The van der Waals surface area contributed by atoms with Crippen LogP contribution >= 0.6 is 0 Å². The molecule has 0 aromatic heterocycles. The maximum absolute atomic E-state index is 13.6. The molecular weight excluding hydrogens is 1460 g/mol. The highest BCUT2D eigenvalue weighted by Gasteiger charge is 2.23. The number of hydrogen-bond donors (Lipinski definition) is 1. The summed E-state index contributed by atoms with van der Waals surface area (Å²) in [5.74, 6) is 23.2. The Bertz CT molecular complexity index is 5650. The molecular formula is C106H85N2O10-. The van der Waals surface area contributed by atoms with Gasteiger partial charge in [0.1, 0.15) is 5.84 Å². The number of benzene rings is 12. The quantitative estimate of drug-likeness (QED) is 0.0420. The fraction of sp³-hybridized carbons (Fsp3) is 0.151. The fourth-order valence-corrected chi connectivity index (χ4v) is 13.6. The van der Waals surface area contributed by atoms with Crippen molar-refractivity contribution >= 4 is 35.7 Å². The summed E-state index contributed by atoms with van der Waals surface area (Å²) >= 11 is 0. The van der Waals surface area contributed by atoms with Crippen LogP contribution in [0.3, 0.4) is 0 Å². The molecule has 0 amide bonds. The van der Waals surface area contributed by atoms with Crippen molar-refractivity contribution < 1.29 is 48.0 Å². The van der Waals surface area contributed by atoms with Gasteiger partial charge in [-0.1, -0.05) is 266 Å². The van der Waals surface area contributed by atoms with Crippen LogP contribution in [0.4, 0.5) is 0 Å². The highest BCUT2D eigenvalue weighted by Crippen LogP contribution is 2.37. The molecule has 0 spiro atoms. The van der Waals surface area contributed by atoms with Gasteiger partial charge in [-0.25, -0.2) is 19.2 Å². The van der Waals surface area contributed by atoms with Crippen molar-refractivity contribution in [3.05, 3.63) is 405 Å². The van der Waals surface area contributed by atoms with Gasteiger partial charge in [0.2, 0.25) is 0 Å². The van der Waals surface area contributed by atoms with Gasteiger partial charge in [-0.3, -0.25) is 4.99 Å². The van der Waals surface area contributed by atoms with E-state index in [1.54, 1.807) is 140 Å². The number of carbonyl (C=O) groups excluding carboxylic acids is 5. The minimum Gasteiger partial charge on any atom is -0.545 e. The van der Waals surface area contributed by atoms with Gasteiger partial charge in [0.25, 0.3) is 0 Å². The Kier molecular flexibility index (Phi) is 28.4. The second-order valence-corrected chi connectivity index (χ2v) is 28.1. The van der Waals surface area contributed by atoms with Crippen LogP contribution in [0.25, 0.3) is 44.5 Å². The first-order valence-corrected chi connectivity index (χ1v) is 39.7. The summed E-state index contributed by atoms with van der Waals surface area (Å²) in [6.45, 7) is 5.08. The minimum absolute atomic E-state index is 0.0247. The van der Waals surface area contributed by atoms with E-state index >= 15 is 0 Å². The van der Waals surface area contributed by atoms with Crippen LogP contribution in [0.1, 0.15) is 190 Å². The zero-order chi connectivity index (χ0) is 81.6. The lowest BCUT2D eigenvalue weighted by atomic mass is 9.89. The van der Waals surface area contributed by atoms with Crippen LogP contribution < -0.4 is 10.4 Å². The van der Waals surface area contributed by atoms with E-state index < -0.39 is 29.8 Å². The standard InChI is InChI=1S/C106H86N2O10/c1-75(81-31-13-11-14-32-81)107-101(108-76(2)82-33-15-12-16-34-82)99-91-43-29-44-92(99)88-65-53-78(54-66-88)48-60-84-36-18-22-40-96(84)104(112)116-72-26-8-4-6-10-28-74-118-106(114)98-42-24-20-38-86(98)62-50-80-57-69-90(70-58-80)94-46-30-45-93(100(94)102(109)110)89-67-55-79(56-68-89)49-61-85-37-19-23-41-97(85)105(113)117-73-27-9-5-3-7-25-71-115-103(111)95-39-21-17-35-83(95)59-47-77-51-63-87(91)64-52-77/h3-6,11-24,29-46,51-58,63-70,75-76H,7-10,25-28,71-74H2,1-2H3,(H,107,108)(H,109,110)/p-1/b5-3-,6-4-/t75-,76-/m1/s1. The third-order valence-electron chi connectivity index (χ3n) is 19.9. The van der Waals surface area contributed by atoms with Gasteiger partial charge in [-0.15, -0.1) is 0 Å². The molecule has 0 fully saturated rings. The third-order valence-corrected chi connectivity index (χ3v) is 19.9. The molecule has 580 valence electrons. The van der Waals surface area contributed by atoms with E-state index in [-0.39, 0.29) is 44.1 Å². The molecule has 7 aliphatic heterocycles. The molecule has 12 bridgehead atoms. The van der Waals surface area contributed by atoms with Gasteiger partial charge in [0.15, 0.2) is 0 Å². The Hall–Kier alpha value is -14.8. The molecule has 0 aliphatic carbocycles. The lowest BCUT2D eigenvalue weighted by Crippen LogP contribution is -2.29. The van der Waals surface area contributed by atoms with Crippen molar-refractivity contribution in [2.45, 2.75) is 77.3 Å². The van der Waals surface area contributed by atoms with E-state index in [1.807, 2.05) is 109 Å². The number of aromatic carboxylic acids is 1. The van der Waals surface area contributed by atoms with Gasteiger partial charge in [-0.05, 0) is 218 Å². The molecule has 1 N–H and O–H groups in total. The smallest absolute Gasteiger partial charge is 0.339 e. The number of esters is 4. The van der Waals surface area contributed by atoms with Crippen LogP contribution in [0.15, 0.2) is 320 Å². The molecule has 12 aromatic rings. The van der Waals surface area contributed by atoms with E-state index in [0.29, 0.717) is 135 Å². The molecule has 7 aliphatic rings. The summed E-state index contributed by atoms with van der Waals surface area (Å²) in [4.78, 5) is 72.6. The second-order valence-electron chi connectivity index (χ2n) is 28.1. The summed E-state index contributed by atoms with van der Waals surface area (Å²) in [5.41, 5.74) is 15.4. The van der Waals surface area contributed by atoms with Gasteiger partial charge in [0, 0.05) is 61.7 Å². The third kappa shape index (κ3) is 21.9. The average molecular weight is 1550 g/mol. The lowest BCUT2D eigenvalue weighted by molar-refractivity contribution is -0.254. The molecule has 2 atom stereocenters. The largest absolute Gasteiger partial charge is 0.545 e. The number of carboxylic acid groups (broad SMARTS) is 1. The number of hydrogen-bond acceptors (Lipinski definition) is 11. The predicted molar refractivity (Wildman–Crippen MR) is 464 cm³/mol. The first-order valence-electron chi connectivity index (χ1n) is 39.7. The second kappa shape index (κ2) is 41.3. The van der Waals surface area contributed by atoms with Gasteiger partial charge < -0.3 is 34.2 Å². The average Bonchev–Trinajstić information content (AvgIpc) is 0.778. The summed E-state index contributed by atoms with van der Waals surface area (Å²) in [6, 6.07) is 90.9. The highest BCUT2D eigenvalue weighted by atomic mass is 16.5. The first kappa shape index (κ1) is 81.2. The van der Waals surface area contributed by atoms with Crippen LogP contribution in [-0.2, 0) is 18.9 Å². The summed E-state index contributed by atoms with van der Waals surface area (Å²) in [5, 5.41) is 16.8. The van der Waals surface area contributed by atoms with Crippen molar-refractivity contribution in [2.24, 2.45) is 4.99 Å². The van der Waals surface area contributed by atoms with Gasteiger partial charge in [0.05, 0.1) is 60.7 Å². The van der Waals surface area contributed by atoms with Crippen molar-refractivity contribution in [3.63, 3.8) is 0 Å². The molecule has 0 unspecified atom stereocenters. The number of nitrogens with one attached hydrogen (secondary N) is 1. The highest BCUT2D eigenvalue weighted by molar-refractivity contribution is 6.10. The molecule has 19 rings (SSSR count). The Morgan fingerprint density at radius 3 is 0.873 bits per heavy atom. The number of nitrogens with zero attached hydrogens (tertiary/aromatic N) is 1. The Morgan fingerprint density at radius 1 is 0.314 bits per heavy atom. The number of ether oxygens (including phenoxy) is 4. The predicted octanol–water partition coefficient (Wildman–Crippen LogP) is 20.8. The molecule has 0 saturated heterocycles. The summed E-state index contributed by atoms with van der Waals surface area (Å²) < 4.78 is 23.0. The van der Waals surface area contributed by atoms with Crippen LogP contribution in [0, 0.1) is 47.4 Å². The number of allylic oxidation sites excluding steroid dienone is 4. The van der Waals surface area contributed by atoms with E-state index in [4.69, 9.17) is 23.9 Å². The molecule has 7 heterocycles. The Balaban J connectivity index is 0.726. The maximum Gasteiger partial charge on any atom is 0.339 e. The van der Waals surface area contributed by atoms with E-state index in [9.17, 15) is 29.1 Å². The monoisotopic (exact) mass is 1550 g/mol. The Morgan fingerprint density at radius 2 is 0.576 bits per heavy atom. The van der Waals surface area contributed by atoms with Crippen LogP contribution in [0.5, 0.6) is 0 Å². The molecule has 0 radical (unpaired) electrons. The number of carboxylic acids is 1. The summed E-state index contributed by atoms with van der Waals surface area (Å²) in [7, 11) is 0. The molecule has 12 heteroatoms. The minimum atomic E-state index is -1.34. The topological polar surface area (TPSA) is 170 Å². The number of amidine groups is 1. The SMILES string of the molecule is C[C@@H](N=C(N[C@H](C)c1ccccc1)c1c2cccc1-c1ccc(cc1)C#Cc1ccccc1C(=O)OCCC/C=C\CCCOC(=O)c1ccccc1C#Cc1ccc(cc1)-c1cccc(c1C(=O)[O-])-c1ccc(cc1)C#Cc1ccccc1C(=O)OCCC/C=C\CCCOC(=O)c1ccccc1C#Cc1ccc-2cc1)c1ccccc1. The van der Waals surface area contributed by atoms with Gasteiger partial charge >= 0.3 is 23.9 Å². The first-order chi connectivity index (χ1) is 57.9. The lowest BCUT2D eigenvalue weighted by Gasteiger charge is -2.24. The zero-order valence-corrected chi connectivity index (χ0v) is 65.7. The van der Waals surface area contributed by atoms with E-state index in [2.05, 4.69) is 133 Å². The number of carbonyl (C=O) groups is 5. The number of rotatable bonds is 6. The van der Waals surface area contributed by atoms with Crippen LogP contribution in [-0.4, -0.2) is 62.1 Å². The van der Waals surface area contributed by atoms with Crippen molar-refractivity contribution in [3.8, 4) is 91.9 Å². The van der Waals surface area contributed by atoms with E-state index in [0.717, 1.165) is 50.1 Å². The summed E-state index contributed by atoms with van der Waals surface area (Å²) in [6.07, 6.45) is 13.2. The number of aliphatic imine (C=N–C) groups is 1. The van der Waals surface area contributed by atoms with Crippen molar-refractivity contribution in [2.75, 3.05) is 26.4 Å². The molecule has 12 aromatic carbocycles. The van der Waals surface area contributed by atoms with E-state index in [1.165, 1.54) is 0 Å². The molecule has 118 heavy (non-hydrogen) atoms. The normalized spacial score (nSPS) is 14.5. The van der Waals surface area contributed by atoms with Crippen molar-refractivity contribution in [1.82, 2.24) is 5.32 Å². The zero-order valence-electron chi connectivity index (χ0n) is 65.7. The maximum atomic E-state index is 13.6. The van der Waals surface area contributed by atoms with Crippen molar-refractivity contribution in [1.29, 1.82) is 0 Å². The molecule has 0 saturated carbocycles. The molecule has 12 nitrogen and oxygen atoms in total. The van der Waals surface area contributed by atoms with Crippen LogP contribution in [0.2, 0.25) is 0 Å².